The number of imidazole rings is 1. The number of nitrogens with zero attached hydrogens (tertiary/aromatic N) is 3. The van der Waals surface area contributed by atoms with Crippen LogP contribution in [-0.4, -0.2) is 44.9 Å². The van der Waals surface area contributed by atoms with Crippen molar-refractivity contribution in [2.75, 3.05) is 13.1 Å². The molecule has 1 aromatic heterocycles. The Morgan fingerprint density at radius 3 is 2.24 bits per heavy atom. The molecule has 0 bridgehead atoms. The lowest BCUT2D eigenvalue weighted by Gasteiger charge is -2.38. The van der Waals surface area contributed by atoms with Gasteiger partial charge in [-0.25, -0.2) is 4.98 Å². The van der Waals surface area contributed by atoms with Crippen molar-refractivity contribution in [3.63, 3.8) is 0 Å². The molecular formula is C31H28Cl2F3N3O3. The number of aromatic nitrogens is 2. The SMILES string of the molecule is CCCc1c(C(=O)N2CCC(O)(c3ccc(OC(F)(F)F)cc3)CC2)nc(-c2ccccc2Cl)n1-c1ccc(Cl)cc1. The minimum atomic E-state index is -4.80. The van der Waals surface area contributed by atoms with E-state index in [1.807, 2.05) is 41.8 Å². The summed E-state index contributed by atoms with van der Waals surface area (Å²) in [6.45, 7) is 2.49. The molecule has 220 valence electrons. The number of piperidine rings is 1. The van der Waals surface area contributed by atoms with Crippen LogP contribution < -0.4 is 4.74 Å². The molecule has 11 heteroatoms. The van der Waals surface area contributed by atoms with E-state index in [2.05, 4.69) is 4.74 Å². The number of hydrogen-bond acceptors (Lipinski definition) is 4. The fourth-order valence-corrected chi connectivity index (χ4v) is 5.62. The van der Waals surface area contributed by atoms with Gasteiger partial charge in [0.1, 0.15) is 11.6 Å². The number of aliphatic hydroxyl groups is 1. The van der Waals surface area contributed by atoms with Crippen LogP contribution in [0.2, 0.25) is 10.0 Å². The second-order valence-corrected chi connectivity index (χ2v) is 11.0. The molecule has 1 aliphatic heterocycles. The van der Waals surface area contributed by atoms with Crippen molar-refractivity contribution in [2.24, 2.45) is 0 Å². The highest BCUT2D eigenvalue weighted by Crippen LogP contribution is 2.37. The van der Waals surface area contributed by atoms with E-state index < -0.39 is 12.0 Å². The number of alkyl halides is 3. The molecule has 0 radical (unpaired) electrons. The van der Waals surface area contributed by atoms with Gasteiger partial charge < -0.3 is 14.7 Å². The number of benzene rings is 3. The zero-order valence-corrected chi connectivity index (χ0v) is 24.2. The summed E-state index contributed by atoms with van der Waals surface area (Å²) >= 11 is 12.7. The first-order chi connectivity index (χ1) is 20.0. The molecule has 0 spiro atoms. The summed E-state index contributed by atoms with van der Waals surface area (Å²) in [6.07, 6.45) is -3.05. The van der Waals surface area contributed by atoms with Gasteiger partial charge in [0.2, 0.25) is 0 Å². The highest BCUT2D eigenvalue weighted by Gasteiger charge is 2.38. The molecule has 0 unspecified atom stereocenters. The Hall–Kier alpha value is -3.53. The number of carbonyl (C=O) groups excluding carboxylic acids is 1. The molecule has 1 amide bonds. The second-order valence-electron chi connectivity index (χ2n) is 10.2. The van der Waals surface area contributed by atoms with Crippen molar-refractivity contribution >= 4 is 29.1 Å². The lowest BCUT2D eigenvalue weighted by Crippen LogP contribution is -2.45. The minimum Gasteiger partial charge on any atom is -0.406 e. The van der Waals surface area contributed by atoms with E-state index in [0.29, 0.717) is 39.1 Å². The van der Waals surface area contributed by atoms with Crippen molar-refractivity contribution in [2.45, 2.75) is 44.6 Å². The summed E-state index contributed by atoms with van der Waals surface area (Å²) in [5.41, 5.74) is 1.67. The fourth-order valence-electron chi connectivity index (χ4n) is 5.27. The van der Waals surface area contributed by atoms with E-state index >= 15 is 0 Å². The zero-order chi connectivity index (χ0) is 30.1. The van der Waals surface area contributed by atoms with E-state index in [4.69, 9.17) is 28.2 Å². The summed E-state index contributed by atoms with van der Waals surface area (Å²) in [5.74, 6) is -0.101. The lowest BCUT2D eigenvalue weighted by atomic mass is 9.84. The van der Waals surface area contributed by atoms with Gasteiger partial charge in [-0.15, -0.1) is 13.2 Å². The second kappa shape index (κ2) is 12.0. The molecule has 3 aromatic carbocycles. The summed E-state index contributed by atoms with van der Waals surface area (Å²) < 4.78 is 43.5. The van der Waals surface area contributed by atoms with Crippen LogP contribution in [0.25, 0.3) is 17.1 Å². The van der Waals surface area contributed by atoms with Gasteiger partial charge in [-0.1, -0.05) is 60.8 Å². The van der Waals surface area contributed by atoms with Crippen molar-refractivity contribution < 1.29 is 27.8 Å². The topological polar surface area (TPSA) is 67.6 Å². The van der Waals surface area contributed by atoms with Crippen LogP contribution in [0.5, 0.6) is 5.75 Å². The predicted octanol–water partition coefficient (Wildman–Crippen LogP) is 7.82. The van der Waals surface area contributed by atoms with Gasteiger partial charge in [-0.05, 0) is 73.4 Å². The van der Waals surface area contributed by atoms with Crippen LogP contribution in [0.1, 0.15) is 47.9 Å². The average Bonchev–Trinajstić information content (AvgIpc) is 3.32. The third-order valence-electron chi connectivity index (χ3n) is 7.36. The predicted molar refractivity (Wildman–Crippen MR) is 155 cm³/mol. The maximum Gasteiger partial charge on any atom is 0.573 e. The Balaban J connectivity index is 1.45. The molecule has 6 nitrogen and oxygen atoms in total. The fraction of sp³-hybridized carbons (Fsp3) is 0.290. The van der Waals surface area contributed by atoms with Gasteiger partial charge in [0.15, 0.2) is 5.69 Å². The molecule has 5 rings (SSSR count). The van der Waals surface area contributed by atoms with Crippen LogP contribution in [0.4, 0.5) is 13.2 Å². The average molecular weight is 618 g/mol. The number of likely N-dealkylation sites (tertiary alicyclic amines) is 1. The van der Waals surface area contributed by atoms with Crippen LogP contribution in [0.3, 0.4) is 0 Å². The Labute approximate surface area is 251 Å². The number of halogens is 5. The molecular weight excluding hydrogens is 590 g/mol. The molecule has 4 aromatic rings. The quantitative estimate of drug-likeness (QED) is 0.229. The van der Waals surface area contributed by atoms with Crippen LogP contribution >= 0.6 is 23.2 Å². The maximum atomic E-state index is 14.0. The molecule has 1 N–H and O–H groups in total. The Kier molecular flexibility index (Phi) is 8.55. The first kappa shape index (κ1) is 29.9. The molecule has 1 saturated heterocycles. The van der Waals surface area contributed by atoms with Gasteiger partial charge in [0, 0.05) is 29.4 Å². The smallest absolute Gasteiger partial charge is 0.406 e. The van der Waals surface area contributed by atoms with Crippen molar-refractivity contribution in [3.8, 4) is 22.8 Å². The van der Waals surface area contributed by atoms with E-state index in [1.54, 1.807) is 23.1 Å². The Morgan fingerprint density at radius 2 is 1.64 bits per heavy atom. The summed E-state index contributed by atoms with van der Waals surface area (Å²) in [7, 11) is 0. The van der Waals surface area contributed by atoms with E-state index in [1.165, 1.54) is 24.3 Å². The van der Waals surface area contributed by atoms with Gasteiger partial charge in [0.25, 0.3) is 5.91 Å². The number of amides is 1. The summed E-state index contributed by atoms with van der Waals surface area (Å²) in [4.78, 5) is 20.5. The van der Waals surface area contributed by atoms with E-state index in [9.17, 15) is 23.1 Å². The first-order valence-corrected chi connectivity index (χ1v) is 14.2. The van der Waals surface area contributed by atoms with Crippen LogP contribution in [0.15, 0.2) is 72.8 Å². The van der Waals surface area contributed by atoms with Gasteiger partial charge in [-0.3, -0.25) is 9.36 Å². The first-order valence-electron chi connectivity index (χ1n) is 13.5. The third kappa shape index (κ3) is 6.28. The Morgan fingerprint density at radius 1 is 1.00 bits per heavy atom. The summed E-state index contributed by atoms with van der Waals surface area (Å²) in [5, 5.41) is 12.4. The number of hydrogen-bond donors (Lipinski definition) is 1. The van der Waals surface area contributed by atoms with Crippen LogP contribution in [-0.2, 0) is 12.0 Å². The van der Waals surface area contributed by atoms with Crippen molar-refractivity contribution in [1.29, 1.82) is 0 Å². The highest BCUT2D eigenvalue weighted by atomic mass is 35.5. The lowest BCUT2D eigenvalue weighted by molar-refractivity contribution is -0.274. The highest BCUT2D eigenvalue weighted by molar-refractivity contribution is 6.33. The zero-order valence-electron chi connectivity index (χ0n) is 22.7. The molecule has 0 saturated carbocycles. The molecule has 0 aliphatic carbocycles. The molecule has 0 atom stereocenters. The third-order valence-corrected chi connectivity index (χ3v) is 7.95. The van der Waals surface area contributed by atoms with Crippen molar-refractivity contribution in [3.05, 3.63) is 99.8 Å². The van der Waals surface area contributed by atoms with Gasteiger partial charge in [0.05, 0.1) is 16.3 Å². The van der Waals surface area contributed by atoms with Gasteiger partial charge in [-0.2, -0.15) is 0 Å². The monoisotopic (exact) mass is 617 g/mol. The number of rotatable bonds is 7. The van der Waals surface area contributed by atoms with Gasteiger partial charge >= 0.3 is 6.36 Å². The minimum absolute atomic E-state index is 0.205. The molecule has 1 fully saturated rings. The maximum absolute atomic E-state index is 14.0. The van der Waals surface area contributed by atoms with Crippen molar-refractivity contribution in [1.82, 2.24) is 14.5 Å². The normalized spacial score (nSPS) is 15.1. The molecule has 42 heavy (non-hydrogen) atoms. The standard InChI is InChI=1S/C31H28Cl2F3N3O3/c1-2-5-26-27(37-28(24-6-3-4-7-25(24)33)39(26)22-12-10-21(32)11-13-22)29(40)38-18-16-30(41,17-19-38)20-8-14-23(15-9-20)42-31(34,35)36/h3-4,6-15,41H,2,5,16-19H2,1H3. The molecule has 2 heterocycles. The Bertz CT molecular complexity index is 1560. The largest absolute Gasteiger partial charge is 0.573 e. The summed E-state index contributed by atoms with van der Waals surface area (Å²) in [6, 6.07) is 19.8. The van der Waals surface area contributed by atoms with E-state index in [0.717, 1.165) is 17.8 Å². The van der Waals surface area contributed by atoms with E-state index in [-0.39, 0.29) is 37.6 Å². The van der Waals surface area contributed by atoms with Crippen LogP contribution in [0, 0.1) is 0 Å². The molecule has 1 aliphatic rings. The number of carbonyl (C=O) groups is 1. The number of ether oxygens (including phenoxy) is 1.